The van der Waals surface area contributed by atoms with Crippen LogP contribution in [0.1, 0.15) is 37.5 Å². The topological polar surface area (TPSA) is 56.7 Å². The summed E-state index contributed by atoms with van der Waals surface area (Å²) in [6.07, 6.45) is 3.54. The van der Waals surface area contributed by atoms with E-state index in [4.69, 9.17) is 18.5 Å². The van der Waals surface area contributed by atoms with E-state index in [9.17, 15) is 4.39 Å². The molecule has 10 aromatic rings. The van der Waals surface area contributed by atoms with E-state index in [2.05, 4.69) is 134 Å². The summed E-state index contributed by atoms with van der Waals surface area (Å²) in [6, 6.07) is 45.5. The molecule has 4 heterocycles. The van der Waals surface area contributed by atoms with Crippen LogP contribution in [0.5, 0.6) is 0 Å². The van der Waals surface area contributed by atoms with Crippen LogP contribution >= 0.6 is 0 Å². The first-order valence-corrected chi connectivity index (χ1v) is 28.5. The van der Waals surface area contributed by atoms with Crippen molar-refractivity contribution in [2.24, 2.45) is 0 Å². The van der Waals surface area contributed by atoms with Crippen LogP contribution in [0.4, 0.5) is 4.39 Å². The number of rotatable bonds is 6. The quantitative estimate of drug-likeness (QED) is 0.123. The molecule has 0 unspecified atom stereocenters. The smallest absolute Gasteiger partial charge is 0 e. The van der Waals surface area contributed by atoms with E-state index in [1.807, 2.05) is 48.7 Å². The van der Waals surface area contributed by atoms with Gasteiger partial charge in [0.2, 0.25) is 0 Å². The first kappa shape index (κ1) is 40.8. The maximum atomic E-state index is 14.3. The van der Waals surface area contributed by atoms with Crippen molar-refractivity contribution in [1.82, 2.24) is 19.5 Å². The van der Waals surface area contributed by atoms with Crippen LogP contribution in [0.15, 0.2) is 138 Å². The van der Waals surface area contributed by atoms with E-state index in [1.54, 1.807) is 18.3 Å². The van der Waals surface area contributed by atoms with E-state index in [1.165, 1.54) is 39.4 Å². The predicted molar refractivity (Wildman–Crippen MR) is 261 cm³/mol. The Morgan fingerprint density at radius 2 is 1.41 bits per heavy atom. The third-order valence-electron chi connectivity index (χ3n) is 11.7. The van der Waals surface area contributed by atoms with Gasteiger partial charge in [-0.3, -0.25) is 9.97 Å². The van der Waals surface area contributed by atoms with Gasteiger partial charge >= 0.3 is 150 Å². The number of hydrogen-bond donors (Lipinski definition) is 0. The van der Waals surface area contributed by atoms with Gasteiger partial charge in [0.25, 0.3) is 0 Å². The van der Waals surface area contributed by atoms with Crippen LogP contribution in [-0.4, -0.2) is 32.8 Å². The normalized spacial score (nSPS) is 12.4. The molecule has 5 nitrogen and oxygen atoms in total. The Kier molecular flexibility index (Phi) is 11.4. The maximum Gasteiger partial charge on any atom is 0 e. The van der Waals surface area contributed by atoms with E-state index in [0.717, 1.165) is 65.7 Å². The largest absolute Gasteiger partial charge is 0 e. The van der Waals surface area contributed by atoms with Crippen LogP contribution in [0, 0.1) is 59.4 Å². The molecule has 0 aliphatic rings. The van der Waals surface area contributed by atoms with E-state index in [0.29, 0.717) is 22.4 Å². The van der Waals surface area contributed by atoms with Gasteiger partial charge in [0.1, 0.15) is 5.58 Å². The number of pyridine rings is 2. The molecule has 0 fully saturated rings. The van der Waals surface area contributed by atoms with Crippen LogP contribution in [-0.2, 0) is 20.1 Å². The summed E-state index contributed by atoms with van der Waals surface area (Å²) in [6.45, 7) is 8.52. The number of halogens is 1. The molecule has 0 spiro atoms. The van der Waals surface area contributed by atoms with Gasteiger partial charge in [0, 0.05) is 36.7 Å². The standard InChI is InChI=1S/C35H28N3O.C21H21FGeN.Ir/c1-20-16-23(4)32(24(5)17-20)29-18-27-25-12-9-13-26(34(25)39-31(27)19-36-29)35-37-28-14-6-7-15-30(28)38(35)33-21(2)10-8-11-22(33)3;1-15-12-21(24-14-20(15)23(2,3)4)17-10-11-19(22)18(13-17)16-8-6-5-7-9-16;/h6-12,14-19H,1-5H3;5-9,11-14H,1-4H3;/q2*-1;/i;1D3;. The van der Waals surface area contributed by atoms with Gasteiger partial charge in [-0.15, -0.1) is 18.2 Å². The Hall–Kier alpha value is -5.99. The van der Waals surface area contributed by atoms with Crippen molar-refractivity contribution in [3.8, 4) is 50.7 Å². The molecule has 1 radical (unpaired) electrons. The first-order chi connectivity index (χ1) is 31.5. The Labute approximate surface area is 395 Å². The number of benzene rings is 6. The van der Waals surface area contributed by atoms with Gasteiger partial charge in [-0.1, -0.05) is 59.0 Å². The third kappa shape index (κ3) is 8.41. The zero-order chi connectivity index (χ0) is 46.7. The van der Waals surface area contributed by atoms with Crippen molar-refractivity contribution in [3.05, 3.63) is 185 Å². The molecule has 0 saturated heterocycles. The van der Waals surface area contributed by atoms with Gasteiger partial charge in [-0.25, -0.2) is 0 Å². The zero-order valence-corrected chi connectivity index (χ0v) is 41.6. The van der Waals surface area contributed by atoms with Crippen molar-refractivity contribution in [2.75, 3.05) is 0 Å². The molecule has 0 saturated carbocycles. The number of furan rings is 1. The number of fused-ring (bicyclic) bond motifs is 4. The van der Waals surface area contributed by atoms with Crippen molar-refractivity contribution < 1.29 is 33.0 Å². The van der Waals surface area contributed by atoms with Crippen LogP contribution in [0.25, 0.3) is 83.7 Å². The molecule has 10 rings (SSSR count). The van der Waals surface area contributed by atoms with Crippen molar-refractivity contribution in [1.29, 1.82) is 0 Å². The summed E-state index contributed by atoms with van der Waals surface area (Å²) >= 11 is -2.41. The molecular formula is C56H49FGeIrN4O-2. The third-order valence-corrected chi connectivity index (χ3v) is 15.9. The number of aryl methyl sites for hydroxylation is 6. The number of para-hydroxylation sites is 3. The molecule has 0 N–H and O–H groups in total. The van der Waals surface area contributed by atoms with Gasteiger partial charge in [0.05, 0.1) is 34.3 Å². The van der Waals surface area contributed by atoms with Gasteiger partial charge in [0.15, 0.2) is 0 Å². The fraction of sp³-hybridized carbons (Fsp3) is 0.161. The van der Waals surface area contributed by atoms with Gasteiger partial charge in [-0.2, -0.15) is 0 Å². The fourth-order valence-corrected chi connectivity index (χ4v) is 11.6. The first-order valence-electron chi connectivity index (χ1n) is 22.6. The fourth-order valence-electron chi connectivity index (χ4n) is 8.77. The average Bonchev–Trinajstić information content (AvgIpc) is 3.84. The minimum atomic E-state index is -2.41. The monoisotopic (exact) mass is 1080 g/mol. The predicted octanol–water partition coefficient (Wildman–Crippen LogP) is 14.2. The van der Waals surface area contributed by atoms with Crippen LogP contribution in [0.2, 0.25) is 17.3 Å². The van der Waals surface area contributed by atoms with E-state index < -0.39 is 20.1 Å². The number of imidazole rings is 1. The molecule has 321 valence electrons. The Bertz CT molecular complexity index is 3440. The second-order valence-electron chi connectivity index (χ2n) is 17.4. The van der Waals surface area contributed by atoms with E-state index in [-0.39, 0.29) is 25.9 Å². The Balaban J connectivity index is 0.000000192. The molecule has 0 aliphatic heterocycles. The van der Waals surface area contributed by atoms with Crippen molar-refractivity contribution >= 4 is 50.6 Å². The summed E-state index contributed by atoms with van der Waals surface area (Å²) < 4.78 is 47.7. The molecular weight excluding hydrogens is 1030 g/mol. The molecule has 0 amide bonds. The summed E-state index contributed by atoms with van der Waals surface area (Å²) in [5.74, 6) is 6.87. The summed E-state index contributed by atoms with van der Waals surface area (Å²) in [4.78, 5) is 14.4. The van der Waals surface area contributed by atoms with Crippen LogP contribution in [0.3, 0.4) is 0 Å². The molecule has 0 aliphatic carbocycles. The summed E-state index contributed by atoms with van der Waals surface area (Å²) in [7, 11) is 0. The molecule has 4 aromatic heterocycles. The minimum Gasteiger partial charge on any atom is 0 e. The van der Waals surface area contributed by atoms with Gasteiger partial charge in [-0.05, 0) is 75.1 Å². The number of hydrogen-bond acceptors (Lipinski definition) is 4. The molecule has 0 atom stereocenters. The SMILES string of the molecule is Cc1cc(C)c(-c2cc3c(cn2)oc2c(-c4nc5ccccc5n4-c4c(C)cccc4C)[c-]ccc23)c(C)c1.[2H]C([2H])([2H])c1cc(-c2[c-]cc(F)c(-c3ccccc3)c2)nc[c]1[Ge]([CH3])([CH3])[CH3].[Ir]. The molecule has 8 heteroatoms. The molecule has 0 bridgehead atoms. The second-order valence-corrected chi connectivity index (χ2v) is 27.9. The van der Waals surface area contributed by atoms with Gasteiger partial charge < -0.3 is 8.98 Å². The zero-order valence-electron chi connectivity index (χ0n) is 40.1. The Morgan fingerprint density at radius 3 is 2.12 bits per heavy atom. The van der Waals surface area contributed by atoms with Crippen molar-refractivity contribution in [3.63, 3.8) is 0 Å². The van der Waals surface area contributed by atoms with Crippen LogP contribution < -0.4 is 4.40 Å². The minimum absolute atomic E-state index is 0. The number of aromatic nitrogens is 4. The molecule has 64 heavy (non-hydrogen) atoms. The average molecular weight is 1080 g/mol. The second kappa shape index (κ2) is 17.9. The van der Waals surface area contributed by atoms with Crippen molar-refractivity contribution in [2.45, 2.75) is 58.7 Å². The summed E-state index contributed by atoms with van der Waals surface area (Å²) in [5, 5.41) is 2.07. The summed E-state index contributed by atoms with van der Waals surface area (Å²) in [5.41, 5.74) is 16.3. The Morgan fingerprint density at radius 1 is 0.703 bits per heavy atom. The van der Waals surface area contributed by atoms with E-state index >= 15 is 0 Å². The maximum absolute atomic E-state index is 14.3. The number of nitrogens with zero attached hydrogens (tertiary/aromatic N) is 4. The molecule has 6 aromatic carbocycles.